The van der Waals surface area contributed by atoms with Crippen LogP contribution in [-0.4, -0.2) is 33.5 Å². The highest BCUT2D eigenvalue weighted by molar-refractivity contribution is 6.09. The summed E-state index contributed by atoms with van der Waals surface area (Å²) in [5, 5.41) is 3.92. The van der Waals surface area contributed by atoms with E-state index in [4.69, 9.17) is 14.9 Å². The Bertz CT molecular complexity index is 1010. The quantitative estimate of drug-likeness (QED) is 0.724. The summed E-state index contributed by atoms with van der Waals surface area (Å²) >= 11 is 0. The third kappa shape index (κ3) is 2.73. The van der Waals surface area contributed by atoms with E-state index in [1.165, 1.54) is 0 Å². The van der Waals surface area contributed by atoms with Crippen LogP contribution < -0.4 is 15.8 Å². The molecule has 3 aromatic rings. The number of amides is 1. The van der Waals surface area contributed by atoms with E-state index in [0.29, 0.717) is 45.5 Å². The lowest BCUT2D eigenvalue weighted by Gasteiger charge is -2.14. The molecule has 0 spiro atoms. The Morgan fingerprint density at radius 1 is 1.35 bits per heavy atom. The number of ether oxygens (including phenoxy) is 1. The highest BCUT2D eigenvalue weighted by Crippen LogP contribution is 2.41. The van der Waals surface area contributed by atoms with Gasteiger partial charge in [-0.3, -0.25) is 4.79 Å². The number of nitrogens with two attached hydrogens (primary N) is 1. The number of nitrogens with one attached hydrogen (secondary N) is 1. The van der Waals surface area contributed by atoms with Crippen LogP contribution >= 0.6 is 0 Å². The average Bonchev–Trinajstić information content (AvgIpc) is 3.22. The van der Waals surface area contributed by atoms with Crippen molar-refractivity contribution in [1.29, 1.82) is 0 Å². The van der Waals surface area contributed by atoms with Crippen LogP contribution in [0.4, 0.5) is 5.82 Å². The maximum Gasteiger partial charge on any atom is 0.253 e. The molecular weight excluding hydrogens is 334 g/mol. The first-order chi connectivity index (χ1) is 12.4. The number of hydrogen-bond acceptors (Lipinski definition) is 7. The number of fused-ring (bicyclic) bond motifs is 1. The fourth-order valence-corrected chi connectivity index (χ4v) is 2.84. The molecule has 3 aromatic heterocycles. The summed E-state index contributed by atoms with van der Waals surface area (Å²) in [5.41, 5.74) is 6.69. The van der Waals surface area contributed by atoms with Gasteiger partial charge in [-0.2, -0.15) is 4.98 Å². The van der Waals surface area contributed by atoms with Gasteiger partial charge in [0.2, 0.25) is 5.71 Å². The Kier molecular flexibility index (Phi) is 3.57. The average molecular weight is 353 g/mol. The number of aryl methyl sites for hydroxylation is 1. The van der Waals surface area contributed by atoms with Crippen molar-refractivity contribution < 1.29 is 13.9 Å². The van der Waals surface area contributed by atoms with Gasteiger partial charge in [0.25, 0.3) is 5.91 Å². The van der Waals surface area contributed by atoms with Crippen molar-refractivity contribution in [1.82, 2.24) is 15.0 Å². The Morgan fingerprint density at radius 2 is 2.12 bits per heavy atom. The maximum atomic E-state index is 11.9. The number of primary amides is 1. The molecule has 8 heteroatoms. The molecule has 0 unspecified atom stereocenters. The van der Waals surface area contributed by atoms with E-state index >= 15 is 0 Å². The van der Waals surface area contributed by atoms with Gasteiger partial charge in [-0.05, 0) is 38.8 Å². The number of aromatic nitrogens is 3. The highest BCUT2D eigenvalue weighted by Gasteiger charge is 2.38. The Hall–Kier alpha value is -3.16. The lowest BCUT2D eigenvalue weighted by atomic mass is 10.1. The Balaban J connectivity index is 1.91. The molecule has 0 atom stereocenters. The topological polar surface area (TPSA) is 116 Å². The highest BCUT2D eigenvalue weighted by atomic mass is 16.5. The number of rotatable bonds is 5. The van der Waals surface area contributed by atoms with Gasteiger partial charge in [-0.15, -0.1) is 0 Å². The number of anilines is 1. The van der Waals surface area contributed by atoms with E-state index < -0.39 is 5.91 Å². The van der Waals surface area contributed by atoms with Crippen LogP contribution in [0.5, 0.6) is 5.75 Å². The van der Waals surface area contributed by atoms with Crippen LogP contribution in [0.2, 0.25) is 0 Å². The summed E-state index contributed by atoms with van der Waals surface area (Å²) in [6.45, 7) is 3.79. The molecule has 0 saturated heterocycles. The van der Waals surface area contributed by atoms with E-state index in [2.05, 4.69) is 27.2 Å². The van der Waals surface area contributed by atoms with Crippen LogP contribution in [0.1, 0.15) is 35.9 Å². The second kappa shape index (κ2) is 5.69. The summed E-state index contributed by atoms with van der Waals surface area (Å²) in [5.74, 6) is 1.43. The number of furan rings is 1. The summed E-state index contributed by atoms with van der Waals surface area (Å²) in [6.07, 6.45) is 3.65. The molecule has 1 aliphatic rings. The largest absolute Gasteiger partial charge is 0.495 e. The molecule has 134 valence electrons. The molecule has 1 saturated carbocycles. The smallest absolute Gasteiger partial charge is 0.253 e. The molecule has 0 radical (unpaired) electrons. The van der Waals surface area contributed by atoms with Crippen LogP contribution in [0.15, 0.2) is 22.7 Å². The SMILES string of the molecule is COc1ccc(-c2nc(NC3(C)CC3)c3c(C(N)=O)c(C)oc3n2)nc1. The van der Waals surface area contributed by atoms with Crippen molar-refractivity contribution in [2.24, 2.45) is 5.73 Å². The van der Waals surface area contributed by atoms with Gasteiger partial charge in [-0.25, -0.2) is 9.97 Å². The first kappa shape index (κ1) is 16.3. The maximum absolute atomic E-state index is 11.9. The summed E-state index contributed by atoms with van der Waals surface area (Å²) in [7, 11) is 1.58. The van der Waals surface area contributed by atoms with Gasteiger partial charge < -0.3 is 20.2 Å². The lowest BCUT2D eigenvalue weighted by molar-refractivity contribution is 0.1000. The molecule has 3 heterocycles. The molecule has 8 nitrogen and oxygen atoms in total. The van der Waals surface area contributed by atoms with Crippen LogP contribution in [0.25, 0.3) is 22.6 Å². The van der Waals surface area contributed by atoms with E-state index in [0.717, 1.165) is 12.8 Å². The third-order valence-corrected chi connectivity index (χ3v) is 4.60. The van der Waals surface area contributed by atoms with Crippen molar-refractivity contribution in [2.45, 2.75) is 32.2 Å². The second-order valence-corrected chi connectivity index (χ2v) is 6.74. The van der Waals surface area contributed by atoms with Crippen molar-refractivity contribution in [3.8, 4) is 17.3 Å². The van der Waals surface area contributed by atoms with Crippen molar-refractivity contribution >= 4 is 22.8 Å². The minimum Gasteiger partial charge on any atom is -0.495 e. The molecule has 0 aromatic carbocycles. The number of carbonyl (C=O) groups is 1. The molecule has 3 N–H and O–H groups in total. The number of nitrogens with zero attached hydrogens (tertiary/aromatic N) is 3. The summed E-state index contributed by atoms with van der Waals surface area (Å²) in [4.78, 5) is 25.3. The fourth-order valence-electron chi connectivity index (χ4n) is 2.84. The lowest BCUT2D eigenvalue weighted by Crippen LogP contribution is -2.19. The first-order valence-electron chi connectivity index (χ1n) is 8.30. The Labute approximate surface area is 149 Å². The van der Waals surface area contributed by atoms with E-state index in [-0.39, 0.29) is 5.54 Å². The standard InChI is InChI=1S/C18H19N5O3/c1-9-12(14(19)24)13-16(23-18(2)6-7-18)21-15(22-17(13)26-9)11-5-4-10(25-3)8-20-11/h4-5,8H,6-7H2,1-3H3,(H2,19,24)(H,21,22,23). The fraction of sp³-hybridized carbons (Fsp3) is 0.333. The van der Waals surface area contributed by atoms with Crippen molar-refractivity contribution in [2.75, 3.05) is 12.4 Å². The number of methoxy groups -OCH3 is 1. The molecule has 0 bridgehead atoms. The normalized spacial score (nSPS) is 15.0. The molecule has 26 heavy (non-hydrogen) atoms. The van der Waals surface area contributed by atoms with E-state index in [9.17, 15) is 4.79 Å². The number of hydrogen-bond donors (Lipinski definition) is 2. The molecule has 0 aliphatic heterocycles. The van der Waals surface area contributed by atoms with Crippen LogP contribution in [0.3, 0.4) is 0 Å². The Morgan fingerprint density at radius 3 is 2.69 bits per heavy atom. The molecule has 1 aliphatic carbocycles. The van der Waals surface area contributed by atoms with Gasteiger partial charge in [0, 0.05) is 5.54 Å². The molecular formula is C18H19N5O3. The van der Waals surface area contributed by atoms with Gasteiger partial charge in [0.1, 0.15) is 23.0 Å². The molecule has 1 fully saturated rings. The number of pyridine rings is 1. The zero-order valence-corrected chi connectivity index (χ0v) is 14.8. The minimum absolute atomic E-state index is 0.0496. The monoisotopic (exact) mass is 353 g/mol. The van der Waals surface area contributed by atoms with Gasteiger partial charge in [0.15, 0.2) is 5.82 Å². The first-order valence-corrected chi connectivity index (χ1v) is 8.30. The minimum atomic E-state index is -0.566. The van der Waals surface area contributed by atoms with Crippen LogP contribution in [0, 0.1) is 6.92 Å². The third-order valence-electron chi connectivity index (χ3n) is 4.60. The van der Waals surface area contributed by atoms with Crippen molar-refractivity contribution in [3.63, 3.8) is 0 Å². The van der Waals surface area contributed by atoms with Gasteiger partial charge >= 0.3 is 0 Å². The predicted octanol–water partition coefficient (Wildman–Crippen LogP) is 2.67. The van der Waals surface area contributed by atoms with Crippen LogP contribution in [-0.2, 0) is 0 Å². The van der Waals surface area contributed by atoms with Gasteiger partial charge in [-0.1, -0.05) is 0 Å². The summed E-state index contributed by atoms with van der Waals surface area (Å²) < 4.78 is 10.8. The van der Waals surface area contributed by atoms with E-state index in [1.807, 2.05) is 0 Å². The molecule has 1 amide bonds. The van der Waals surface area contributed by atoms with Crippen molar-refractivity contribution in [3.05, 3.63) is 29.7 Å². The predicted molar refractivity (Wildman–Crippen MR) is 96.1 cm³/mol. The number of carbonyl (C=O) groups excluding carboxylic acids is 1. The second-order valence-electron chi connectivity index (χ2n) is 6.74. The van der Waals surface area contributed by atoms with E-state index in [1.54, 1.807) is 32.4 Å². The zero-order chi connectivity index (χ0) is 18.5. The summed E-state index contributed by atoms with van der Waals surface area (Å²) in [6, 6.07) is 3.56. The zero-order valence-electron chi connectivity index (χ0n) is 14.8. The van der Waals surface area contributed by atoms with Gasteiger partial charge in [0.05, 0.1) is 24.3 Å². The molecule has 4 rings (SSSR count).